The molecule has 1 saturated heterocycles. The minimum absolute atomic E-state index is 0.0639. The van der Waals surface area contributed by atoms with Gasteiger partial charge in [-0.3, -0.25) is 4.90 Å². The van der Waals surface area contributed by atoms with Crippen molar-refractivity contribution < 1.29 is 0 Å². The summed E-state index contributed by atoms with van der Waals surface area (Å²) in [4.78, 5) is 2.24. The van der Waals surface area contributed by atoms with Crippen molar-refractivity contribution in [3.05, 3.63) is 0 Å². The molecule has 3 nitrogen and oxygen atoms in total. The van der Waals surface area contributed by atoms with Crippen molar-refractivity contribution in [3.8, 4) is 6.07 Å². The van der Waals surface area contributed by atoms with Crippen LogP contribution in [0.2, 0.25) is 0 Å². The van der Waals surface area contributed by atoms with Crippen molar-refractivity contribution in [1.29, 1.82) is 5.26 Å². The number of hydrogen-bond donors (Lipinski definition) is 1. The van der Waals surface area contributed by atoms with E-state index in [2.05, 4.69) is 17.9 Å². The summed E-state index contributed by atoms with van der Waals surface area (Å²) in [5.41, 5.74) is 5.84. The largest absolute Gasteiger partial charge is 0.328 e. The van der Waals surface area contributed by atoms with Crippen LogP contribution in [0.25, 0.3) is 0 Å². The van der Waals surface area contributed by atoms with Crippen LogP contribution in [-0.2, 0) is 0 Å². The van der Waals surface area contributed by atoms with Crippen LogP contribution in [0.5, 0.6) is 0 Å². The molecule has 0 aliphatic carbocycles. The average molecular weight is 181 g/mol. The third-order valence-corrected chi connectivity index (χ3v) is 3.05. The number of hydrogen-bond acceptors (Lipinski definition) is 3. The number of piperidine rings is 1. The van der Waals surface area contributed by atoms with E-state index in [0.717, 1.165) is 25.9 Å². The normalized spacial score (nSPS) is 25.1. The van der Waals surface area contributed by atoms with Crippen molar-refractivity contribution in [2.24, 2.45) is 11.7 Å². The van der Waals surface area contributed by atoms with Gasteiger partial charge in [-0.1, -0.05) is 0 Å². The molecule has 3 heteroatoms. The van der Waals surface area contributed by atoms with Gasteiger partial charge in [0.25, 0.3) is 0 Å². The predicted octanol–water partition coefficient (Wildman–Crippen LogP) is 0.958. The van der Waals surface area contributed by atoms with Crippen LogP contribution in [0, 0.1) is 17.2 Å². The topological polar surface area (TPSA) is 53.0 Å². The summed E-state index contributed by atoms with van der Waals surface area (Å²) in [5.74, 6) is 0.655. The third kappa shape index (κ3) is 2.68. The summed E-state index contributed by atoms with van der Waals surface area (Å²) < 4.78 is 0. The van der Waals surface area contributed by atoms with Gasteiger partial charge < -0.3 is 5.73 Å². The Bertz CT molecular complexity index is 187. The highest BCUT2D eigenvalue weighted by Gasteiger charge is 2.24. The number of rotatable bonds is 2. The van der Waals surface area contributed by atoms with Gasteiger partial charge in [0.05, 0.1) is 12.1 Å². The molecule has 0 radical (unpaired) electrons. The van der Waals surface area contributed by atoms with Gasteiger partial charge in [-0.2, -0.15) is 5.26 Å². The van der Waals surface area contributed by atoms with Crippen molar-refractivity contribution in [1.82, 2.24) is 4.90 Å². The van der Waals surface area contributed by atoms with Gasteiger partial charge >= 0.3 is 0 Å². The third-order valence-electron chi connectivity index (χ3n) is 3.05. The molecule has 2 N–H and O–H groups in total. The second-order valence-corrected chi connectivity index (χ2v) is 4.04. The molecule has 1 aliphatic heterocycles. The Morgan fingerprint density at radius 3 is 2.31 bits per heavy atom. The SMILES string of the molecule is CC(N)C1CCN(C(C)C#N)CC1. The molecule has 2 atom stereocenters. The van der Waals surface area contributed by atoms with E-state index < -0.39 is 0 Å². The van der Waals surface area contributed by atoms with E-state index in [1.54, 1.807) is 0 Å². The maximum absolute atomic E-state index is 8.75. The fourth-order valence-electron chi connectivity index (χ4n) is 1.91. The molecule has 13 heavy (non-hydrogen) atoms. The molecule has 1 rings (SSSR count). The quantitative estimate of drug-likeness (QED) is 0.690. The molecule has 1 aliphatic rings. The lowest BCUT2D eigenvalue weighted by atomic mass is 9.90. The number of likely N-dealkylation sites (tertiary alicyclic amines) is 1. The molecular formula is C10H19N3. The lowest BCUT2D eigenvalue weighted by Gasteiger charge is -2.34. The minimum atomic E-state index is 0.0639. The van der Waals surface area contributed by atoms with Gasteiger partial charge in [0, 0.05) is 6.04 Å². The summed E-state index contributed by atoms with van der Waals surface area (Å²) in [6.45, 7) is 6.10. The molecule has 1 heterocycles. The Hall–Kier alpha value is -0.590. The Kier molecular flexibility index (Phi) is 3.71. The van der Waals surface area contributed by atoms with Crippen LogP contribution in [0.3, 0.4) is 0 Å². The Balaban J connectivity index is 2.35. The monoisotopic (exact) mass is 181 g/mol. The molecule has 0 amide bonds. The first kappa shape index (κ1) is 10.5. The molecule has 0 aromatic heterocycles. The smallest absolute Gasteiger partial charge is 0.0949 e. The summed E-state index contributed by atoms with van der Waals surface area (Å²) >= 11 is 0. The molecule has 2 unspecified atom stereocenters. The zero-order chi connectivity index (χ0) is 9.84. The van der Waals surface area contributed by atoms with E-state index >= 15 is 0 Å². The molecule has 0 spiro atoms. The Morgan fingerprint density at radius 2 is 1.92 bits per heavy atom. The van der Waals surface area contributed by atoms with E-state index in [4.69, 9.17) is 11.0 Å². The van der Waals surface area contributed by atoms with Gasteiger partial charge in [-0.15, -0.1) is 0 Å². The fraction of sp³-hybridized carbons (Fsp3) is 0.900. The molecule has 0 saturated carbocycles. The van der Waals surface area contributed by atoms with Crippen LogP contribution in [-0.4, -0.2) is 30.1 Å². The lowest BCUT2D eigenvalue weighted by Crippen LogP contribution is -2.43. The van der Waals surface area contributed by atoms with Crippen LogP contribution < -0.4 is 5.73 Å². The maximum Gasteiger partial charge on any atom is 0.0949 e. The summed E-state index contributed by atoms with van der Waals surface area (Å²) in [5, 5.41) is 8.75. The summed E-state index contributed by atoms with van der Waals surface area (Å²) in [6, 6.07) is 2.64. The van der Waals surface area contributed by atoms with Crippen LogP contribution in [0.1, 0.15) is 26.7 Å². The molecule has 0 bridgehead atoms. The second-order valence-electron chi connectivity index (χ2n) is 4.04. The molecule has 74 valence electrons. The lowest BCUT2D eigenvalue weighted by molar-refractivity contribution is 0.155. The first-order valence-corrected chi connectivity index (χ1v) is 5.04. The van der Waals surface area contributed by atoms with E-state index in [1.165, 1.54) is 0 Å². The summed E-state index contributed by atoms with van der Waals surface area (Å²) in [6.07, 6.45) is 2.29. The Labute approximate surface area is 80.5 Å². The van der Waals surface area contributed by atoms with Crippen molar-refractivity contribution in [3.63, 3.8) is 0 Å². The highest BCUT2D eigenvalue weighted by molar-refractivity contribution is 4.90. The number of nitrogens with two attached hydrogens (primary N) is 1. The van der Waals surface area contributed by atoms with Gasteiger partial charge in [-0.25, -0.2) is 0 Å². The van der Waals surface area contributed by atoms with Gasteiger partial charge in [0.2, 0.25) is 0 Å². The molecule has 1 fully saturated rings. The van der Waals surface area contributed by atoms with Crippen molar-refractivity contribution in [2.75, 3.05) is 13.1 Å². The Morgan fingerprint density at radius 1 is 1.38 bits per heavy atom. The van der Waals surface area contributed by atoms with Crippen LogP contribution in [0.15, 0.2) is 0 Å². The van der Waals surface area contributed by atoms with Crippen LogP contribution >= 0.6 is 0 Å². The first-order valence-electron chi connectivity index (χ1n) is 5.04. The molecule has 0 aromatic carbocycles. The van der Waals surface area contributed by atoms with E-state index in [1.807, 2.05) is 6.92 Å². The highest BCUT2D eigenvalue weighted by atomic mass is 15.2. The standard InChI is InChI=1S/C10H19N3/c1-8(7-11)13-5-3-10(4-6-13)9(2)12/h8-10H,3-6,12H2,1-2H3. The number of nitrogens with zero attached hydrogens (tertiary/aromatic N) is 2. The zero-order valence-electron chi connectivity index (χ0n) is 8.53. The van der Waals surface area contributed by atoms with Crippen molar-refractivity contribution >= 4 is 0 Å². The molecule has 0 aromatic rings. The average Bonchev–Trinajstić information content (AvgIpc) is 2.17. The predicted molar refractivity (Wildman–Crippen MR) is 53.0 cm³/mol. The molecular weight excluding hydrogens is 162 g/mol. The van der Waals surface area contributed by atoms with Crippen molar-refractivity contribution in [2.45, 2.75) is 38.8 Å². The zero-order valence-corrected chi connectivity index (χ0v) is 8.53. The van der Waals surface area contributed by atoms with E-state index in [-0.39, 0.29) is 6.04 Å². The van der Waals surface area contributed by atoms with Gasteiger partial charge in [0.1, 0.15) is 0 Å². The van der Waals surface area contributed by atoms with Gasteiger partial charge in [0.15, 0.2) is 0 Å². The van der Waals surface area contributed by atoms with Crippen LogP contribution in [0.4, 0.5) is 0 Å². The number of nitriles is 1. The fourth-order valence-corrected chi connectivity index (χ4v) is 1.91. The first-order chi connectivity index (χ1) is 6.15. The summed E-state index contributed by atoms with van der Waals surface area (Å²) in [7, 11) is 0. The highest BCUT2D eigenvalue weighted by Crippen LogP contribution is 2.20. The maximum atomic E-state index is 8.75. The van der Waals surface area contributed by atoms with E-state index in [9.17, 15) is 0 Å². The van der Waals surface area contributed by atoms with Gasteiger partial charge in [-0.05, 0) is 45.7 Å². The minimum Gasteiger partial charge on any atom is -0.328 e. The second kappa shape index (κ2) is 4.59. The van der Waals surface area contributed by atoms with E-state index in [0.29, 0.717) is 12.0 Å².